The molecule has 0 saturated heterocycles. The van der Waals surface area contributed by atoms with E-state index < -0.39 is 9.84 Å². The van der Waals surface area contributed by atoms with Crippen LogP contribution in [-0.4, -0.2) is 31.1 Å². The highest BCUT2D eigenvalue weighted by molar-refractivity contribution is 7.91. The Kier molecular flexibility index (Phi) is 3.89. The molecule has 0 atom stereocenters. The van der Waals surface area contributed by atoms with Gasteiger partial charge in [0.1, 0.15) is 0 Å². The Balaban J connectivity index is 3.90. The van der Waals surface area contributed by atoms with Gasteiger partial charge < -0.3 is 5.11 Å². The summed E-state index contributed by atoms with van der Waals surface area (Å²) in [5.74, 6) is 0.0984. The quantitative estimate of drug-likeness (QED) is 0.648. The van der Waals surface area contributed by atoms with E-state index in [1.807, 2.05) is 0 Å². The van der Waals surface area contributed by atoms with Crippen LogP contribution in [0.15, 0.2) is 0 Å². The predicted molar refractivity (Wildman–Crippen MR) is 40.6 cm³/mol. The van der Waals surface area contributed by atoms with Crippen LogP contribution in [-0.2, 0) is 9.84 Å². The van der Waals surface area contributed by atoms with Gasteiger partial charge in [-0.1, -0.05) is 0 Å². The first-order valence-corrected chi connectivity index (χ1v) is 5.04. The molecule has 0 aliphatic carbocycles. The zero-order chi connectivity index (χ0) is 8.20. The second kappa shape index (κ2) is 3.93. The Morgan fingerprint density at radius 1 is 1.40 bits per heavy atom. The molecule has 10 heavy (non-hydrogen) atoms. The maximum absolute atomic E-state index is 11.0. The first-order valence-electron chi connectivity index (χ1n) is 3.33. The van der Waals surface area contributed by atoms with Crippen molar-refractivity contribution in [2.45, 2.75) is 25.5 Å². The second-order valence-electron chi connectivity index (χ2n) is 2.49. The third kappa shape index (κ3) is 3.17. The highest BCUT2D eigenvalue weighted by Gasteiger charge is 2.14. The van der Waals surface area contributed by atoms with Crippen molar-refractivity contribution in [3.05, 3.63) is 0 Å². The Labute approximate surface area is 62.0 Å². The van der Waals surface area contributed by atoms with E-state index in [-0.39, 0.29) is 17.6 Å². The van der Waals surface area contributed by atoms with Gasteiger partial charge in [0.25, 0.3) is 0 Å². The molecule has 0 aliphatic rings. The molecule has 0 bridgehead atoms. The number of rotatable bonds is 4. The standard InChI is InChI=1S/C6H14O3S/c1-6(2)10(8,9)5-3-4-7/h6-7H,3-5H2,1-2H3. The third-order valence-electron chi connectivity index (χ3n) is 1.31. The molecule has 0 unspecified atom stereocenters. The smallest absolute Gasteiger partial charge is 0.152 e. The van der Waals surface area contributed by atoms with E-state index in [4.69, 9.17) is 5.11 Å². The normalized spacial score (nSPS) is 12.4. The van der Waals surface area contributed by atoms with Crippen molar-refractivity contribution in [2.75, 3.05) is 12.4 Å². The van der Waals surface area contributed by atoms with Crippen molar-refractivity contribution in [1.82, 2.24) is 0 Å². The molecule has 3 nitrogen and oxygen atoms in total. The third-order valence-corrected chi connectivity index (χ3v) is 3.60. The van der Waals surface area contributed by atoms with E-state index in [0.29, 0.717) is 6.42 Å². The lowest BCUT2D eigenvalue weighted by Gasteiger charge is -2.04. The predicted octanol–water partition coefficient (Wildman–Crippen LogP) is 0.192. The summed E-state index contributed by atoms with van der Waals surface area (Å²) in [6.07, 6.45) is 0.348. The highest BCUT2D eigenvalue weighted by atomic mass is 32.2. The summed E-state index contributed by atoms with van der Waals surface area (Å²) in [7, 11) is -2.92. The number of aliphatic hydroxyl groups excluding tert-OH is 1. The van der Waals surface area contributed by atoms with Gasteiger partial charge in [0, 0.05) is 6.61 Å². The van der Waals surface area contributed by atoms with Crippen LogP contribution in [0.5, 0.6) is 0 Å². The maximum Gasteiger partial charge on any atom is 0.152 e. The fourth-order valence-corrected chi connectivity index (χ4v) is 1.50. The van der Waals surface area contributed by atoms with Gasteiger partial charge in [0.15, 0.2) is 9.84 Å². The van der Waals surface area contributed by atoms with Gasteiger partial charge in [-0.2, -0.15) is 0 Å². The van der Waals surface area contributed by atoms with E-state index in [1.165, 1.54) is 0 Å². The molecular formula is C6H14O3S. The van der Waals surface area contributed by atoms with Crippen LogP contribution in [0, 0.1) is 0 Å². The van der Waals surface area contributed by atoms with Gasteiger partial charge in [-0.15, -0.1) is 0 Å². The van der Waals surface area contributed by atoms with E-state index in [2.05, 4.69) is 0 Å². The van der Waals surface area contributed by atoms with Crippen LogP contribution in [0.4, 0.5) is 0 Å². The van der Waals surface area contributed by atoms with Crippen molar-refractivity contribution in [1.29, 1.82) is 0 Å². The Morgan fingerprint density at radius 3 is 2.20 bits per heavy atom. The zero-order valence-corrected chi connectivity index (χ0v) is 7.19. The van der Waals surface area contributed by atoms with Crippen molar-refractivity contribution in [3.63, 3.8) is 0 Å². The number of hydrogen-bond acceptors (Lipinski definition) is 3. The molecule has 0 spiro atoms. The number of sulfone groups is 1. The molecular weight excluding hydrogens is 152 g/mol. The summed E-state index contributed by atoms with van der Waals surface area (Å²) in [6.45, 7) is 3.24. The highest BCUT2D eigenvalue weighted by Crippen LogP contribution is 2.01. The fourth-order valence-electron chi connectivity index (χ4n) is 0.501. The van der Waals surface area contributed by atoms with Crippen molar-refractivity contribution in [3.8, 4) is 0 Å². The van der Waals surface area contributed by atoms with Crippen molar-refractivity contribution in [2.24, 2.45) is 0 Å². The average molecular weight is 166 g/mol. The minimum atomic E-state index is -2.92. The van der Waals surface area contributed by atoms with Crippen LogP contribution in [0.25, 0.3) is 0 Å². The largest absolute Gasteiger partial charge is 0.396 e. The summed E-state index contributed by atoms with van der Waals surface area (Å²) in [5, 5.41) is 8.03. The second-order valence-corrected chi connectivity index (χ2v) is 5.17. The first kappa shape index (κ1) is 9.91. The lowest BCUT2D eigenvalue weighted by atomic mass is 10.5. The molecule has 0 rings (SSSR count). The molecule has 0 aromatic rings. The van der Waals surface area contributed by atoms with Gasteiger partial charge in [0.2, 0.25) is 0 Å². The molecule has 4 heteroatoms. The molecule has 0 saturated carbocycles. The van der Waals surface area contributed by atoms with Crippen LogP contribution in [0.1, 0.15) is 20.3 Å². The molecule has 0 aliphatic heterocycles. The molecule has 0 radical (unpaired) electrons. The Morgan fingerprint density at radius 2 is 1.90 bits per heavy atom. The van der Waals surface area contributed by atoms with Crippen LogP contribution in [0.2, 0.25) is 0 Å². The van der Waals surface area contributed by atoms with Gasteiger partial charge in [-0.3, -0.25) is 0 Å². The van der Waals surface area contributed by atoms with E-state index in [1.54, 1.807) is 13.8 Å². The van der Waals surface area contributed by atoms with Gasteiger partial charge in [-0.05, 0) is 20.3 Å². The first-order chi connectivity index (χ1) is 4.50. The molecule has 0 aromatic carbocycles. The van der Waals surface area contributed by atoms with Crippen molar-refractivity contribution < 1.29 is 13.5 Å². The van der Waals surface area contributed by atoms with E-state index in [0.717, 1.165) is 0 Å². The van der Waals surface area contributed by atoms with Gasteiger partial charge in [0.05, 0.1) is 11.0 Å². The van der Waals surface area contributed by atoms with E-state index in [9.17, 15) is 8.42 Å². The molecule has 0 fully saturated rings. The molecule has 62 valence electrons. The lowest BCUT2D eigenvalue weighted by Crippen LogP contribution is -2.18. The SMILES string of the molecule is CC(C)S(=O)(=O)CCCO. The van der Waals surface area contributed by atoms with Gasteiger partial charge >= 0.3 is 0 Å². The number of hydrogen-bond donors (Lipinski definition) is 1. The van der Waals surface area contributed by atoms with Crippen LogP contribution in [0.3, 0.4) is 0 Å². The fraction of sp³-hybridized carbons (Fsp3) is 1.00. The van der Waals surface area contributed by atoms with Crippen molar-refractivity contribution >= 4 is 9.84 Å². The molecule has 1 N–H and O–H groups in total. The molecule has 0 heterocycles. The lowest BCUT2D eigenvalue weighted by molar-refractivity contribution is 0.295. The van der Waals surface area contributed by atoms with E-state index >= 15 is 0 Å². The van der Waals surface area contributed by atoms with Crippen LogP contribution >= 0.6 is 0 Å². The Hall–Kier alpha value is -0.0900. The van der Waals surface area contributed by atoms with Crippen LogP contribution < -0.4 is 0 Å². The summed E-state index contributed by atoms with van der Waals surface area (Å²) < 4.78 is 22.0. The minimum Gasteiger partial charge on any atom is -0.396 e. The zero-order valence-electron chi connectivity index (χ0n) is 6.37. The minimum absolute atomic E-state index is 0.0497. The summed E-state index contributed by atoms with van der Waals surface area (Å²) >= 11 is 0. The molecule has 0 amide bonds. The maximum atomic E-state index is 11.0. The summed E-state index contributed by atoms with van der Waals surface area (Å²) in [5.41, 5.74) is 0. The topological polar surface area (TPSA) is 54.4 Å². The number of aliphatic hydroxyl groups is 1. The van der Waals surface area contributed by atoms with Gasteiger partial charge in [-0.25, -0.2) is 8.42 Å². The molecule has 0 aromatic heterocycles. The summed E-state index contributed by atoms with van der Waals surface area (Å²) in [4.78, 5) is 0. The average Bonchev–Trinajstić information content (AvgIpc) is 1.84. The summed E-state index contributed by atoms with van der Waals surface area (Å²) in [6, 6.07) is 0. The Bertz CT molecular complexity index is 169. The monoisotopic (exact) mass is 166 g/mol.